The van der Waals surface area contributed by atoms with Crippen molar-refractivity contribution in [3.05, 3.63) is 0 Å². The van der Waals surface area contributed by atoms with Gasteiger partial charge in [-0.1, -0.05) is 0 Å². The summed E-state index contributed by atoms with van der Waals surface area (Å²) < 4.78 is 0. The van der Waals surface area contributed by atoms with Gasteiger partial charge in [0.2, 0.25) is 6.16 Å². The van der Waals surface area contributed by atoms with Gasteiger partial charge in [0.05, 0.1) is 0 Å². The van der Waals surface area contributed by atoms with Gasteiger partial charge in [-0.15, -0.1) is 0 Å². The average Bonchev–Trinajstić information content (AvgIpc) is 1.41. The molecule has 0 spiro atoms. The van der Waals surface area contributed by atoms with Gasteiger partial charge in [-0.05, 0) is 0 Å². The topological polar surface area (TPSA) is 112 Å². The molecule has 0 aromatic heterocycles. The molecule has 0 fully saturated rings. The summed E-state index contributed by atoms with van der Waals surface area (Å²) in [5.41, 5.74) is 0. The summed E-state index contributed by atoms with van der Waals surface area (Å²) in [5.74, 6) is 0. The van der Waals surface area contributed by atoms with E-state index in [1.807, 2.05) is 0 Å². The molecule has 0 heterocycles. The molecule has 46 valence electrons. The SMILES string of the molecule is CO.O.O=C([O-])O.[Na+]. The van der Waals surface area contributed by atoms with Gasteiger partial charge in [-0.2, -0.15) is 0 Å². The van der Waals surface area contributed by atoms with Crippen molar-refractivity contribution in [1.29, 1.82) is 0 Å². The Balaban J connectivity index is -0.0000000183. The molecule has 8 heavy (non-hydrogen) atoms. The number of carbonyl (C=O) groups is 1. The van der Waals surface area contributed by atoms with Crippen molar-refractivity contribution in [2.75, 3.05) is 7.11 Å². The number of carboxylic acid groups (broad SMARTS) is 2. The molecule has 0 bridgehead atoms. The quantitative estimate of drug-likeness (QED) is 0.322. The Morgan fingerprint density at radius 1 is 1.50 bits per heavy atom. The van der Waals surface area contributed by atoms with Crippen molar-refractivity contribution < 1.29 is 55.1 Å². The molecule has 0 atom stereocenters. The van der Waals surface area contributed by atoms with Crippen LogP contribution in [-0.2, 0) is 0 Å². The number of aliphatic hydroxyl groups is 1. The van der Waals surface area contributed by atoms with Gasteiger partial charge in [0.1, 0.15) is 0 Å². The molecule has 0 aromatic carbocycles. The van der Waals surface area contributed by atoms with Crippen LogP contribution in [0.15, 0.2) is 0 Å². The molecule has 0 aromatic rings. The smallest absolute Gasteiger partial charge is 0.565 e. The van der Waals surface area contributed by atoms with E-state index in [0.717, 1.165) is 7.11 Å². The van der Waals surface area contributed by atoms with E-state index in [1.165, 1.54) is 0 Å². The molecule has 0 aliphatic heterocycles. The Labute approximate surface area is 68.5 Å². The van der Waals surface area contributed by atoms with E-state index >= 15 is 0 Å². The second kappa shape index (κ2) is 27.1. The van der Waals surface area contributed by atoms with Crippen molar-refractivity contribution in [1.82, 2.24) is 0 Å². The molecule has 0 unspecified atom stereocenters. The van der Waals surface area contributed by atoms with Crippen LogP contribution in [0.3, 0.4) is 0 Å². The van der Waals surface area contributed by atoms with Crippen molar-refractivity contribution >= 4 is 6.16 Å². The van der Waals surface area contributed by atoms with E-state index in [-0.39, 0.29) is 35.0 Å². The predicted molar refractivity (Wildman–Crippen MR) is 19.8 cm³/mol. The van der Waals surface area contributed by atoms with Crippen LogP contribution in [0.5, 0.6) is 0 Å². The normalized spacial score (nSPS) is 3.75. The first-order valence-corrected chi connectivity index (χ1v) is 1.08. The molecule has 0 aliphatic rings. The minimum atomic E-state index is -2.08. The van der Waals surface area contributed by atoms with Crippen LogP contribution in [-0.4, -0.2) is 29.0 Å². The van der Waals surface area contributed by atoms with Crippen molar-refractivity contribution in [3.8, 4) is 0 Å². The molecule has 0 saturated heterocycles. The van der Waals surface area contributed by atoms with Crippen LogP contribution in [0.1, 0.15) is 0 Å². The maximum absolute atomic E-state index is 8.44. The molecule has 0 saturated carbocycles. The van der Waals surface area contributed by atoms with Gasteiger partial charge >= 0.3 is 29.6 Å². The Morgan fingerprint density at radius 2 is 1.50 bits per heavy atom. The Morgan fingerprint density at radius 3 is 1.50 bits per heavy atom. The maximum Gasteiger partial charge on any atom is 1.00 e. The summed E-state index contributed by atoms with van der Waals surface area (Å²) in [6, 6.07) is 0. The molecule has 0 amide bonds. The largest absolute Gasteiger partial charge is 1.00 e. The molecule has 6 heteroatoms. The fraction of sp³-hybridized carbons (Fsp3) is 0.500. The summed E-state index contributed by atoms with van der Waals surface area (Å²) in [6.45, 7) is 0. The van der Waals surface area contributed by atoms with Crippen LogP contribution in [0.4, 0.5) is 4.79 Å². The first-order chi connectivity index (χ1) is 2.73. The third kappa shape index (κ3) is 4620. The van der Waals surface area contributed by atoms with Crippen LogP contribution in [0, 0.1) is 0 Å². The second-order valence-electron chi connectivity index (χ2n) is 0.266. The first-order valence-electron chi connectivity index (χ1n) is 1.08. The first kappa shape index (κ1) is 24.1. The van der Waals surface area contributed by atoms with Crippen molar-refractivity contribution in [2.45, 2.75) is 0 Å². The van der Waals surface area contributed by atoms with Gasteiger partial charge in [0.25, 0.3) is 0 Å². The monoisotopic (exact) mass is 134 g/mol. The molecular formula is C2H7NaO5. The summed E-state index contributed by atoms with van der Waals surface area (Å²) in [4.78, 5) is 8.44. The molecular weight excluding hydrogens is 127 g/mol. The van der Waals surface area contributed by atoms with E-state index in [2.05, 4.69) is 0 Å². The van der Waals surface area contributed by atoms with E-state index < -0.39 is 6.16 Å². The Hall–Kier alpha value is 0.190. The zero-order valence-corrected chi connectivity index (χ0v) is 6.71. The van der Waals surface area contributed by atoms with Gasteiger partial charge < -0.3 is 25.6 Å². The molecule has 0 radical (unpaired) electrons. The second-order valence-corrected chi connectivity index (χ2v) is 0.266. The number of aliphatic hydroxyl groups excluding tert-OH is 1. The Bertz CT molecular complexity index is 33.4. The van der Waals surface area contributed by atoms with Crippen LogP contribution in [0.2, 0.25) is 0 Å². The van der Waals surface area contributed by atoms with E-state index in [0.29, 0.717) is 0 Å². The molecule has 5 nitrogen and oxygen atoms in total. The minimum Gasteiger partial charge on any atom is -0.565 e. The molecule has 0 aliphatic carbocycles. The van der Waals surface area contributed by atoms with E-state index in [9.17, 15) is 0 Å². The number of hydrogen-bond donors (Lipinski definition) is 2. The van der Waals surface area contributed by atoms with Crippen molar-refractivity contribution in [3.63, 3.8) is 0 Å². The predicted octanol–water partition coefficient (Wildman–Crippen LogP) is -5.32. The van der Waals surface area contributed by atoms with Gasteiger partial charge in [0.15, 0.2) is 0 Å². The zero-order valence-electron chi connectivity index (χ0n) is 4.71. The van der Waals surface area contributed by atoms with Crippen LogP contribution < -0.4 is 34.7 Å². The third-order valence-electron chi connectivity index (χ3n) is 0. The fourth-order valence-electron chi connectivity index (χ4n) is 0. The molecule has 0 rings (SSSR count). The standard InChI is InChI=1S/CH2O3.CH4O.Na.H2O/c2-1(3)4;1-2;;/h(H2,2,3,4);2H,1H3;;1H2/q;;+1;/p-1. The summed E-state index contributed by atoms with van der Waals surface area (Å²) in [7, 11) is 1.00. The zero-order chi connectivity index (χ0) is 5.58. The summed E-state index contributed by atoms with van der Waals surface area (Å²) in [5, 5.41) is 22.3. The van der Waals surface area contributed by atoms with Gasteiger partial charge in [-0.3, -0.25) is 0 Å². The number of hydrogen-bond acceptors (Lipinski definition) is 3. The van der Waals surface area contributed by atoms with Gasteiger partial charge in [-0.25, -0.2) is 0 Å². The summed E-state index contributed by atoms with van der Waals surface area (Å²) >= 11 is 0. The third-order valence-corrected chi connectivity index (χ3v) is 0. The average molecular weight is 134 g/mol. The summed E-state index contributed by atoms with van der Waals surface area (Å²) in [6.07, 6.45) is -2.08. The maximum atomic E-state index is 8.44. The number of rotatable bonds is 0. The Kier molecular flexibility index (Phi) is 81.6. The molecule has 4 N–H and O–H groups in total. The van der Waals surface area contributed by atoms with Crippen LogP contribution in [0.25, 0.3) is 0 Å². The van der Waals surface area contributed by atoms with E-state index in [1.54, 1.807) is 0 Å². The van der Waals surface area contributed by atoms with Crippen molar-refractivity contribution in [2.24, 2.45) is 0 Å². The van der Waals surface area contributed by atoms with Crippen LogP contribution >= 0.6 is 0 Å². The fourth-order valence-corrected chi connectivity index (χ4v) is 0. The minimum absolute atomic E-state index is 0. The van der Waals surface area contributed by atoms with Gasteiger partial charge in [0, 0.05) is 7.11 Å². The van der Waals surface area contributed by atoms with E-state index in [4.69, 9.17) is 20.1 Å².